The van der Waals surface area contributed by atoms with Gasteiger partial charge in [-0.3, -0.25) is 14.5 Å². The lowest BCUT2D eigenvalue weighted by Crippen LogP contribution is -2.44. The number of carbonyl (C=O) groups is 2. The molecule has 5 nitrogen and oxygen atoms in total. The fraction of sp³-hybridized carbons (Fsp3) is 0.120. The van der Waals surface area contributed by atoms with Crippen molar-refractivity contribution in [3.05, 3.63) is 101 Å². The number of hydrogen-bond donors (Lipinski definition) is 1. The molecule has 1 heterocycles. The quantitative estimate of drug-likeness (QED) is 0.585. The van der Waals surface area contributed by atoms with Crippen molar-refractivity contribution in [3.63, 3.8) is 0 Å². The highest BCUT2D eigenvalue weighted by Gasteiger charge is 2.31. The fourth-order valence-electron chi connectivity index (χ4n) is 3.34. The molecule has 4 rings (SSSR count). The smallest absolute Gasteiger partial charge is 0.294 e. The average Bonchev–Trinajstić information content (AvgIpc) is 2.79. The lowest BCUT2D eigenvalue weighted by molar-refractivity contribution is -0.123. The summed E-state index contributed by atoms with van der Waals surface area (Å²) in [6.07, 6.45) is 2.32. The molecule has 0 bridgehead atoms. The van der Waals surface area contributed by atoms with E-state index in [1.165, 1.54) is 4.90 Å². The normalized spacial score (nSPS) is 14.2. The summed E-state index contributed by atoms with van der Waals surface area (Å²) < 4.78 is 5.83. The van der Waals surface area contributed by atoms with E-state index >= 15 is 0 Å². The first kappa shape index (κ1) is 20.7. The maximum atomic E-state index is 13.1. The third-order valence-corrected chi connectivity index (χ3v) is 5.25. The van der Waals surface area contributed by atoms with Crippen LogP contribution in [0.25, 0.3) is 6.08 Å². The van der Waals surface area contributed by atoms with Crippen LogP contribution in [-0.2, 0) is 16.0 Å². The zero-order chi connectivity index (χ0) is 21.6. The number of ether oxygens (including phenoxy) is 1. The van der Waals surface area contributed by atoms with Gasteiger partial charge in [0.1, 0.15) is 6.54 Å². The SMILES string of the molecule is O=C(CN1C(=O)/C(=C\c2ccccc2Cl)Oc2ccccc21)NCCc1ccccc1. The number of benzene rings is 3. The van der Waals surface area contributed by atoms with E-state index in [0.717, 1.165) is 12.0 Å². The molecular weight excluding hydrogens is 412 g/mol. The molecule has 1 aliphatic heterocycles. The van der Waals surface area contributed by atoms with Gasteiger partial charge in [-0.25, -0.2) is 0 Å². The Morgan fingerprint density at radius 3 is 2.48 bits per heavy atom. The van der Waals surface area contributed by atoms with Gasteiger partial charge in [0.25, 0.3) is 5.91 Å². The van der Waals surface area contributed by atoms with Gasteiger partial charge in [-0.2, -0.15) is 0 Å². The summed E-state index contributed by atoms with van der Waals surface area (Å²) in [6, 6.07) is 24.3. The second-order valence-corrected chi connectivity index (χ2v) is 7.48. The molecule has 0 fully saturated rings. The molecule has 0 aromatic heterocycles. The van der Waals surface area contributed by atoms with E-state index in [1.54, 1.807) is 36.4 Å². The summed E-state index contributed by atoms with van der Waals surface area (Å²) in [5.41, 5.74) is 2.36. The number of nitrogens with zero attached hydrogens (tertiary/aromatic N) is 1. The minimum atomic E-state index is -0.392. The van der Waals surface area contributed by atoms with Crippen LogP contribution in [0.15, 0.2) is 84.6 Å². The van der Waals surface area contributed by atoms with Crippen LogP contribution in [0, 0.1) is 0 Å². The van der Waals surface area contributed by atoms with Crippen LogP contribution in [0.3, 0.4) is 0 Å². The number of nitrogens with one attached hydrogen (secondary N) is 1. The standard InChI is InChI=1S/C25H21ClN2O3/c26-20-11-5-4-10-19(20)16-23-25(30)28(21-12-6-7-13-22(21)31-23)17-24(29)27-15-14-18-8-2-1-3-9-18/h1-13,16H,14-15,17H2,(H,27,29)/b23-16+. The Labute approximate surface area is 185 Å². The van der Waals surface area contributed by atoms with Crippen molar-refractivity contribution in [2.75, 3.05) is 18.0 Å². The van der Waals surface area contributed by atoms with Gasteiger partial charge in [0.15, 0.2) is 11.5 Å². The average molecular weight is 433 g/mol. The van der Waals surface area contributed by atoms with Crippen molar-refractivity contribution in [2.45, 2.75) is 6.42 Å². The first-order valence-electron chi connectivity index (χ1n) is 9.97. The van der Waals surface area contributed by atoms with Crippen LogP contribution in [0.5, 0.6) is 5.75 Å². The largest absolute Gasteiger partial charge is 0.449 e. The van der Waals surface area contributed by atoms with Crippen molar-refractivity contribution in [1.29, 1.82) is 0 Å². The van der Waals surface area contributed by atoms with Crippen LogP contribution < -0.4 is 15.0 Å². The first-order valence-corrected chi connectivity index (χ1v) is 10.4. The Kier molecular flexibility index (Phi) is 6.34. The van der Waals surface area contributed by atoms with E-state index in [0.29, 0.717) is 28.6 Å². The van der Waals surface area contributed by atoms with Gasteiger partial charge in [0, 0.05) is 11.6 Å². The maximum absolute atomic E-state index is 13.1. The molecule has 3 aromatic carbocycles. The third kappa shape index (κ3) is 4.95. The zero-order valence-electron chi connectivity index (χ0n) is 16.8. The van der Waals surface area contributed by atoms with Crippen molar-refractivity contribution >= 4 is 35.2 Å². The van der Waals surface area contributed by atoms with E-state index in [2.05, 4.69) is 5.32 Å². The number of anilines is 1. The minimum Gasteiger partial charge on any atom is -0.449 e. The van der Waals surface area contributed by atoms with Crippen LogP contribution in [0.4, 0.5) is 5.69 Å². The van der Waals surface area contributed by atoms with Gasteiger partial charge in [-0.15, -0.1) is 0 Å². The number of hydrogen-bond acceptors (Lipinski definition) is 3. The molecule has 0 saturated carbocycles. The molecule has 0 unspecified atom stereocenters. The molecule has 156 valence electrons. The molecule has 1 N–H and O–H groups in total. The summed E-state index contributed by atoms with van der Waals surface area (Å²) in [4.78, 5) is 27.2. The van der Waals surface area contributed by atoms with Gasteiger partial charge in [-0.1, -0.05) is 72.3 Å². The Hall–Kier alpha value is -3.57. The highest BCUT2D eigenvalue weighted by molar-refractivity contribution is 6.32. The van der Waals surface area contributed by atoms with E-state index in [4.69, 9.17) is 16.3 Å². The molecule has 0 atom stereocenters. The third-order valence-electron chi connectivity index (χ3n) is 4.90. The summed E-state index contributed by atoms with van der Waals surface area (Å²) in [7, 11) is 0. The molecule has 31 heavy (non-hydrogen) atoms. The lowest BCUT2D eigenvalue weighted by atomic mass is 10.1. The van der Waals surface area contributed by atoms with Crippen molar-refractivity contribution < 1.29 is 14.3 Å². The van der Waals surface area contributed by atoms with Crippen LogP contribution >= 0.6 is 11.6 Å². The fourth-order valence-corrected chi connectivity index (χ4v) is 3.53. The number of amides is 2. The highest BCUT2D eigenvalue weighted by Crippen LogP contribution is 2.35. The number of carbonyl (C=O) groups excluding carboxylic acids is 2. The summed E-state index contributed by atoms with van der Waals surface area (Å²) >= 11 is 6.23. The van der Waals surface area contributed by atoms with E-state index in [1.807, 2.05) is 48.5 Å². The molecule has 2 amide bonds. The zero-order valence-corrected chi connectivity index (χ0v) is 17.5. The maximum Gasteiger partial charge on any atom is 0.294 e. The Morgan fingerprint density at radius 1 is 0.968 bits per heavy atom. The van der Waals surface area contributed by atoms with E-state index < -0.39 is 5.91 Å². The summed E-state index contributed by atoms with van der Waals surface area (Å²) in [5.74, 6) is -0.00344. The molecule has 0 radical (unpaired) electrons. The predicted octanol–water partition coefficient (Wildman–Crippen LogP) is 4.47. The molecule has 1 aliphatic rings. The molecule has 3 aromatic rings. The van der Waals surface area contributed by atoms with Gasteiger partial charge in [0.05, 0.1) is 5.69 Å². The van der Waals surface area contributed by atoms with E-state index in [-0.39, 0.29) is 18.2 Å². The van der Waals surface area contributed by atoms with Gasteiger partial charge >= 0.3 is 0 Å². The van der Waals surface area contributed by atoms with Crippen molar-refractivity contribution in [1.82, 2.24) is 5.32 Å². The lowest BCUT2D eigenvalue weighted by Gasteiger charge is -2.30. The van der Waals surface area contributed by atoms with E-state index in [9.17, 15) is 9.59 Å². The molecule has 6 heteroatoms. The van der Waals surface area contributed by atoms with Crippen LogP contribution in [-0.4, -0.2) is 24.9 Å². The van der Waals surface area contributed by atoms with Gasteiger partial charge in [0.2, 0.25) is 5.91 Å². The van der Waals surface area contributed by atoms with Crippen LogP contribution in [0.2, 0.25) is 5.02 Å². The second-order valence-electron chi connectivity index (χ2n) is 7.08. The second kappa shape index (κ2) is 9.49. The molecule has 0 saturated heterocycles. The van der Waals surface area contributed by atoms with Gasteiger partial charge in [-0.05, 0) is 41.8 Å². The Morgan fingerprint density at radius 2 is 1.68 bits per heavy atom. The van der Waals surface area contributed by atoms with Crippen LogP contribution in [0.1, 0.15) is 11.1 Å². The van der Waals surface area contributed by atoms with Crippen molar-refractivity contribution in [3.8, 4) is 5.75 Å². The highest BCUT2D eigenvalue weighted by atomic mass is 35.5. The number of rotatable bonds is 6. The predicted molar refractivity (Wildman–Crippen MR) is 122 cm³/mol. The van der Waals surface area contributed by atoms with Crippen molar-refractivity contribution in [2.24, 2.45) is 0 Å². The number of para-hydroxylation sites is 2. The molecule has 0 aliphatic carbocycles. The number of halogens is 1. The molecule has 0 spiro atoms. The minimum absolute atomic E-state index is 0.103. The van der Waals surface area contributed by atoms with Gasteiger partial charge < -0.3 is 10.1 Å². The number of fused-ring (bicyclic) bond motifs is 1. The first-order chi connectivity index (χ1) is 15.1. The summed E-state index contributed by atoms with van der Waals surface area (Å²) in [6.45, 7) is 0.388. The molecular formula is C25H21ClN2O3. The Balaban J connectivity index is 1.51. The Bertz CT molecular complexity index is 1130. The monoisotopic (exact) mass is 432 g/mol. The topological polar surface area (TPSA) is 58.6 Å². The summed E-state index contributed by atoms with van der Waals surface area (Å²) in [5, 5.41) is 3.40.